The molecular weight excluding hydrogens is 270 g/mol. The molecule has 20 heavy (non-hydrogen) atoms. The third kappa shape index (κ3) is 2.83. The lowest BCUT2D eigenvalue weighted by molar-refractivity contribution is -0.384. The fourth-order valence-corrected chi connectivity index (χ4v) is 1.96. The van der Waals surface area contributed by atoms with E-state index in [-0.39, 0.29) is 30.2 Å². The number of aromatic nitrogens is 1. The van der Waals surface area contributed by atoms with Crippen molar-refractivity contribution in [2.24, 2.45) is 0 Å². The minimum atomic E-state index is -1.28. The number of nitro groups is 1. The van der Waals surface area contributed by atoms with Gasteiger partial charge in [-0.1, -0.05) is 0 Å². The summed E-state index contributed by atoms with van der Waals surface area (Å²) in [6.45, 7) is 0.760. The molecule has 2 rings (SSSR count). The lowest BCUT2D eigenvalue weighted by Gasteiger charge is -2.32. The van der Waals surface area contributed by atoms with Crippen LogP contribution < -0.4 is 4.90 Å². The van der Waals surface area contributed by atoms with Crippen LogP contribution >= 0.6 is 0 Å². The highest BCUT2D eigenvalue weighted by Crippen LogP contribution is 2.27. The van der Waals surface area contributed by atoms with Gasteiger partial charge in [0.2, 0.25) is 5.82 Å². The average Bonchev–Trinajstić information content (AvgIpc) is 2.46. The van der Waals surface area contributed by atoms with Gasteiger partial charge < -0.3 is 19.8 Å². The minimum absolute atomic E-state index is 0.0850. The highest BCUT2D eigenvalue weighted by atomic mass is 16.6. The Balaban J connectivity index is 2.35. The van der Waals surface area contributed by atoms with Crippen LogP contribution in [-0.2, 0) is 4.74 Å². The lowest BCUT2D eigenvalue weighted by atomic mass is 10.2. The SMILES string of the molecule is O=C(O)c1cnc(N2CCOC(CO)C2)c([N+](=O)[O-])c1. The second kappa shape index (κ2) is 5.80. The lowest BCUT2D eigenvalue weighted by Crippen LogP contribution is -2.44. The smallest absolute Gasteiger partial charge is 0.337 e. The molecule has 0 aromatic carbocycles. The van der Waals surface area contributed by atoms with Crippen molar-refractivity contribution in [3.05, 3.63) is 27.9 Å². The molecule has 1 aliphatic rings. The van der Waals surface area contributed by atoms with E-state index in [0.717, 1.165) is 12.3 Å². The van der Waals surface area contributed by atoms with Gasteiger partial charge in [0.1, 0.15) is 0 Å². The van der Waals surface area contributed by atoms with Crippen LogP contribution in [0.25, 0.3) is 0 Å². The van der Waals surface area contributed by atoms with Gasteiger partial charge in [-0.05, 0) is 0 Å². The van der Waals surface area contributed by atoms with E-state index in [4.69, 9.17) is 14.9 Å². The number of carboxylic acids is 1. The standard InChI is InChI=1S/C11H13N3O6/c15-6-8-5-13(1-2-20-8)10-9(14(18)19)3-7(4-12-10)11(16)17/h3-4,8,15H,1-2,5-6H2,(H,16,17). The Morgan fingerprint density at radius 3 is 3.00 bits per heavy atom. The predicted molar refractivity (Wildman–Crippen MR) is 66.9 cm³/mol. The van der Waals surface area contributed by atoms with E-state index < -0.39 is 17.0 Å². The fourth-order valence-electron chi connectivity index (χ4n) is 1.96. The van der Waals surface area contributed by atoms with Gasteiger partial charge in [-0.15, -0.1) is 0 Å². The molecule has 1 aromatic heterocycles. The number of anilines is 1. The van der Waals surface area contributed by atoms with E-state index >= 15 is 0 Å². The Labute approximate surface area is 113 Å². The topological polar surface area (TPSA) is 126 Å². The van der Waals surface area contributed by atoms with E-state index in [1.165, 1.54) is 0 Å². The number of aromatic carboxylic acids is 1. The summed E-state index contributed by atoms with van der Waals surface area (Å²) >= 11 is 0. The molecule has 0 saturated carbocycles. The number of aliphatic hydroxyl groups is 1. The highest BCUT2D eigenvalue weighted by molar-refractivity contribution is 5.88. The molecule has 9 heteroatoms. The molecule has 2 heterocycles. The zero-order chi connectivity index (χ0) is 14.7. The minimum Gasteiger partial charge on any atom is -0.478 e. The van der Waals surface area contributed by atoms with Gasteiger partial charge in [-0.2, -0.15) is 0 Å². The van der Waals surface area contributed by atoms with Crippen LogP contribution in [0, 0.1) is 10.1 Å². The largest absolute Gasteiger partial charge is 0.478 e. The number of carboxylic acid groups (broad SMARTS) is 1. The Hall–Kier alpha value is -2.26. The molecule has 108 valence electrons. The van der Waals surface area contributed by atoms with Crippen LogP contribution in [0.2, 0.25) is 0 Å². The zero-order valence-electron chi connectivity index (χ0n) is 10.4. The van der Waals surface area contributed by atoms with E-state index in [1.807, 2.05) is 0 Å². The van der Waals surface area contributed by atoms with E-state index in [2.05, 4.69) is 4.98 Å². The second-order valence-corrected chi connectivity index (χ2v) is 4.25. The number of rotatable bonds is 4. The Kier molecular flexibility index (Phi) is 4.11. The first-order chi connectivity index (χ1) is 9.52. The van der Waals surface area contributed by atoms with Gasteiger partial charge >= 0.3 is 11.7 Å². The predicted octanol–water partition coefficient (Wildman–Crippen LogP) is -0.114. The quantitative estimate of drug-likeness (QED) is 0.578. The van der Waals surface area contributed by atoms with Crippen LogP contribution in [-0.4, -0.2) is 58.5 Å². The van der Waals surface area contributed by atoms with Crippen LogP contribution in [0.3, 0.4) is 0 Å². The summed E-state index contributed by atoms with van der Waals surface area (Å²) < 4.78 is 5.26. The summed E-state index contributed by atoms with van der Waals surface area (Å²) in [5.41, 5.74) is -0.615. The summed E-state index contributed by atoms with van der Waals surface area (Å²) in [5, 5.41) is 29.0. The van der Waals surface area contributed by atoms with Crippen molar-refractivity contribution in [1.29, 1.82) is 0 Å². The monoisotopic (exact) mass is 283 g/mol. The molecular formula is C11H13N3O6. The van der Waals surface area contributed by atoms with Crippen molar-refractivity contribution in [3.63, 3.8) is 0 Å². The normalized spacial score (nSPS) is 18.9. The second-order valence-electron chi connectivity index (χ2n) is 4.25. The van der Waals surface area contributed by atoms with Gasteiger partial charge in [-0.25, -0.2) is 9.78 Å². The number of hydrogen-bond acceptors (Lipinski definition) is 7. The van der Waals surface area contributed by atoms with Crippen LogP contribution in [0.5, 0.6) is 0 Å². The Morgan fingerprint density at radius 1 is 1.65 bits per heavy atom. The Morgan fingerprint density at radius 2 is 2.40 bits per heavy atom. The molecule has 9 nitrogen and oxygen atoms in total. The molecule has 0 aliphatic carbocycles. The molecule has 1 aromatic rings. The first kappa shape index (κ1) is 14.2. The molecule has 1 fully saturated rings. The molecule has 1 atom stereocenters. The van der Waals surface area contributed by atoms with Crippen molar-refractivity contribution in [3.8, 4) is 0 Å². The number of morpholine rings is 1. The summed E-state index contributed by atoms with van der Waals surface area (Å²) in [5.74, 6) is -1.19. The first-order valence-electron chi connectivity index (χ1n) is 5.88. The van der Waals surface area contributed by atoms with Crippen molar-refractivity contribution in [2.75, 3.05) is 31.2 Å². The maximum absolute atomic E-state index is 11.1. The van der Waals surface area contributed by atoms with Crippen LogP contribution in [0.4, 0.5) is 11.5 Å². The van der Waals surface area contributed by atoms with Crippen molar-refractivity contribution in [1.82, 2.24) is 4.98 Å². The molecule has 0 bridgehead atoms. The number of aliphatic hydroxyl groups excluding tert-OH is 1. The van der Waals surface area contributed by atoms with Gasteiger partial charge in [0.05, 0.1) is 29.8 Å². The van der Waals surface area contributed by atoms with E-state index in [9.17, 15) is 14.9 Å². The molecule has 1 aliphatic heterocycles. The van der Waals surface area contributed by atoms with Crippen molar-refractivity contribution in [2.45, 2.75) is 6.10 Å². The van der Waals surface area contributed by atoms with Crippen LogP contribution in [0.1, 0.15) is 10.4 Å². The third-order valence-electron chi connectivity index (χ3n) is 2.93. The fraction of sp³-hybridized carbons (Fsp3) is 0.455. The van der Waals surface area contributed by atoms with E-state index in [1.54, 1.807) is 4.90 Å². The van der Waals surface area contributed by atoms with Gasteiger partial charge in [0.15, 0.2) is 0 Å². The number of hydrogen-bond donors (Lipinski definition) is 2. The zero-order valence-corrected chi connectivity index (χ0v) is 10.4. The molecule has 2 N–H and O–H groups in total. The summed E-state index contributed by atoms with van der Waals surface area (Å²) in [7, 11) is 0. The number of pyridine rings is 1. The highest BCUT2D eigenvalue weighted by Gasteiger charge is 2.28. The number of carbonyl (C=O) groups is 1. The number of nitrogens with zero attached hydrogens (tertiary/aromatic N) is 3. The van der Waals surface area contributed by atoms with Gasteiger partial charge in [-0.3, -0.25) is 10.1 Å². The first-order valence-corrected chi connectivity index (χ1v) is 5.88. The van der Waals surface area contributed by atoms with Crippen LogP contribution in [0.15, 0.2) is 12.3 Å². The molecule has 0 amide bonds. The molecule has 1 unspecified atom stereocenters. The number of ether oxygens (including phenoxy) is 1. The third-order valence-corrected chi connectivity index (χ3v) is 2.93. The maximum Gasteiger partial charge on any atom is 0.337 e. The summed E-state index contributed by atoms with van der Waals surface area (Å²) in [6.07, 6.45) is 0.637. The molecule has 0 spiro atoms. The van der Waals surface area contributed by atoms with Crippen molar-refractivity contribution < 1.29 is 24.7 Å². The van der Waals surface area contributed by atoms with Gasteiger partial charge in [0.25, 0.3) is 0 Å². The average molecular weight is 283 g/mol. The van der Waals surface area contributed by atoms with Crippen molar-refractivity contribution >= 4 is 17.5 Å². The molecule has 1 saturated heterocycles. The summed E-state index contributed by atoms with van der Waals surface area (Å²) in [6, 6.07) is 0.980. The van der Waals surface area contributed by atoms with Gasteiger partial charge in [0, 0.05) is 25.4 Å². The molecule has 0 radical (unpaired) electrons. The summed E-state index contributed by atoms with van der Waals surface area (Å²) in [4.78, 5) is 26.7. The maximum atomic E-state index is 11.1. The van der Waals surface area contributed by atoms with E-state index in [0.29, 0.717) is 13.2 Å². The Bertz CT molecular complexity index is 535.